The third kappa shape index (κ3) is 14.7. The van der Waals surface area contributed by atoms with Gasteiger partial charge >= 0.3 is 0 Å². The second kappa shape index (κ2) is 16.1. The summed E-state index contributed by atoms with van der Waals surface area (Å²) in [6.45, 7) is 3.93. The first-order chi connectivity index (χ1) is 11.9. The summed E-state index contributed by atoms with van der Waals surface area (Å²) in [5, 5.41) is 8.86. The highest BCUT2D eigenvalue weighted by Gasteiger charge is 2.28. The Balaban J connectivity index is 3.39. The van der Waals surface area contributed by atoms with Crippen LogP contribution < -0.4 is 0 Å². The number of hydrogen-bond acceptors (Lipinski definition) is 3. The van der Waals surface area contributed by atoms with E-state index in [0.717, 1.165) is 19.3 Å². The van der Waals surface area contributed by atoms with Crippen molar-refractivity contribution in [3.63, 3.8) is 0 Å². The van der Waals surface area contributed by atoms with E-state index in [9.17, 15) is 13.5 Å². The van der Waals surface area contributed by atoms with Crippen molar-refractivity contribution in [2.45, 2.75) is 128 Å². The zero-order valence-corrected chi connectivity index (χ0v) is 17.4. The van der Waals surface area contributed by atoms with Gasteiger partial charge in [0.15, 0.2) is 0 Å². The molecule has 0 saturated heterocycles. The molecule has 0 aromatic heterocycles. The summed E-state index contributed by atoms with van der Waals surface area (Å²) in [5.74, 6) is 0. The van der Waals surface area contributed by atoms with Gasteiger partial charge in [-0.15, -0.1) is 0 Å². The zero-order valence-electron chi connectivity index (χ0n) is 16.6. The maximum atomic E-state index is 11.1. The highest BCUT2D eigenvalue weighted by atomic mass is 32.2. The van der Waals surface area contributed by atoms with Crippen molar-refractivity contribution in [3.8, 4) is 0 Å². The molecular weight excluding hydrogens is 336 g/mol. The van der Waals surface area contributed by atoms with E-state index in [1.807, 2.05) is 0 Å². The lowest BCUT2D eigenvalue weighted by Crippen LogP contribution is -2.33. The minimum Gasteiger partial charge on any atom is -0.392 e. The van der Waals surface area contributed by atoms with Gasteiger partial charge in [-0.3, -0.25) is 4.55 Å². The minimum absolute atomic E-state index is 0.249. The van der Waals surface area contributed by atoms with E-state index in [4.69, 9.17) is 4.55 Å². The van der Waals surface area contributed by atoms with E-state index in [2.05, 4.69) is 6.92 Å². The Hall–Kier alpha value is -0.130. The second-order valence-electron chi connectivity index (χ2n) is 7.41. The van der Waals surface area contributed by atoms with Crippen LogP contribution in [0.25, 0.3) is 0 Å². The predicted molar refractivity (Wildman–Crippen MR) is 107 cm³/mol. The van der Waals surface area contributed by atoms with E-state index in [1.54, 1.807) is 6.92 Å². The van der Waals surface area contributed by atoms with Gasteiger partial charge in [0.25, 0.3) is 10.1 Å². The molecule has 0 radical (unpaired) electrons. The lowest BCUT2D eigenvalue weighted by Gasteiger charge is -2.18. The summed E-state index contributed by atoms with van der Waals surface area (Å²) in [5.41, 5.74) is 0. The van der Waals surface area contributed by atoms with Crippen LogP contribution in [0.5, 0.6) is 0 Å². The molecule has 152 valence electrons. The predicted octanol–water partition coefficient (Wildman–Crippen LogP) is 5.89. The lowest BCUT2D eigenvalue weighted by atomic mass is 10.0. The molecule has 25 heavy (non-hydrogen) atoms. The van der Waals surface area contributed by atoms with Crippen LogP contribution in [0.1, 0.15) is 117 Å². The molecule has 0 aliphatic rings. The Labute approximate surface area is 156 Å². The van der Waals surface area contributed by atoms with E-state index >= 15 is 0 Å². The molecule has 0 aromatic carbocycles. The first-order valence-corrected chi connectivity index (χ1v) is 12.1. The molecule has 0 heterocycles. The van der Waals surface area contributed by atoms with Gasteiger partial charge in [-0.1, -0.05) is 104 Å². The monoisotopic (exact) mass is 378 g/mol. The van der Waals surface area contributed by atoms with Crippen molar-refractivity contribution in [2.75, 3.05) is 0 Å². The van der Waals surface area contributed by atoms with Crippen LogP contribution in [0, 0.1) is 0 Å². The molecule has 4 nitrogen and oxygen atoms in total. The second-order valence-corrected chi connectivity index (χ2v) is 9.05. The van der Waals surface area contributed by atoms with Gasteiger partial charge in [0.1, 0.15) is 5.25 Å². The van der Waals surface area contributed by atoms with Crippen LogP contribution in [0.4, 0.5) is 0 Å². The molecule has 0 rings (SSSR count). The van der Waals surface area contributed by atoms with Crippen LogP contribution in [0.3, 0.4) is 0 Å². The Morgan fingerprint density at radius 3 is 1.36 bits per heavy atom. The molecule has 0 aromatic rings. The molecule has 0 spiro atoms. The number of hydrogen-bond donors (Lipinski definition) is 2. The largest absolute Gasteiger partial charge is 0.392 e. The molecule has 2 unspecified atom stereocenters. The quantitative estimate of drug-likeness (QED) is 0.230. The summed E-state index contributed by atoms with van der Waals surface area (Å²) < 4.78 is 31.4. The van der Waals surface area contributed by atoms with Crippen molar-refractivity contribution in [1.82, 2.24) is 0 Å². The first kappa shape index (κ1) is 24.9. The van der Waals surface area contributed by atoms with Crippen molar-refractivity contribution < 1.29 is 18.1 Å². The molecule has 2 N–H and O–H groups in total. The SMILES string of the molecule is CCCCCCCCCCCCCCCCC(O)C(CC)S(=O)(=O)O. The van der Waals surface area contributed by atoms with E-state index in [0.29, 0.717) is 6.42 Å². The molecule has 5 heteroatoms. The zero-order chi connectivity index (χ0) is 19.0. The Morgan fingerprint density at radius 2 is 1.04 bits per heavy atom. The smallest absolute Gasteiger partial charge is 0.270 e. The lowest BCUT2D eigenvalue weighted by molar-refractivity contribution is 0.149. The fraction of sp³-hybridized carbons (Fsp3) is 1.00. The number of rotatable bonds is 18. The number of unbranched alkanes of at least 4 members (excludes halogenated alkanes) is 13. The first-order valence-electron chi connectivity index (χ1n) is 10.6. The molecule has 0 aliphatic heterocycles. The highest BCUT2D eigenvalue weighted by Crippen LogP contribution is 2.17. The summed E-state index contributed by atoms with van der Waals surface area (Å²) in [4.78, 5) is 0. The van der Waals surface area contributed by atoms with Gasteiger partial charge in [-0.2, -0.15) is 8.42 Å². The topological polar surface area (TPSA) is 74.6 Å². The van der Waals surface area contributed by atoms with E-state index in [1.165, 1.54) is 70.6 Å². The normalized spacial score (nSPS) is 14.6. The molecule has 0 aliphatic carbocycles. The summed E-state index contributed by atoms with van der Waals surface area (Å²) in [6.07, 6.45) is 17.6. The molecule has 0 amide bonds. The van der Waals surface area contributed by atoms with E-state index < -0.39 is 21.5 Å². The fourth-order valence-electron chi connectivity index (χ4n) is 3.42. The van der Waals surface area contributed by atoms with Gasteiger partial charge in [0, 0.05) is 0 Å². The van der Waals surface area contributed by atoms with Gasteiger partial charge in [-0.05, 0) is 12.8 Å². The van der Waals surface area contributed by atoms with Crippen LogP contribution in [-0.2, 0) is 10.1 Å². The van der Waals surface area contributed by atoms with Crippen molar-refractivity contribution in [2.24, 2.45) is 0 Å². The molecule has 0 bridgehead atoms. The van der Waals surface area contributed by atoms with Gasteiger partial charge in [0.2, 0.25) is 0 Å². The number of aliphatic hydroxyl groups excluding tert-OH is 1. The average molecular weight is 379 g/mol. The summed E-state index contributed by atoms with van der Waals surface area (Å²) >= 11 is 0. The van der Waals surface area contributed by atoms with Crippen LogP contribution in [0.2, 0.25) is 0 Å². The Morgan fingerprint density at radius 1 is 0.680 bits per heavy atom. The third-order valence-electron chi connectivity index (χ3n) is 5.07. The van der Waals surface area contributed by atoms with Gasteiger partial charge in [0.05, 0.1) is 6.10 Å². The number of aliphatic hydroxyl groups is 1. The van der Waals surface area contributed by atoms with Crippen LogP contribution in [0.15, 0.2) is 0 Å². The molecule has 0 fully saturated rings. The average Bonchev–Trinajstić information content (AvgIpc) is 2.54. The summed E-state index contributed by atoms with van der Waals surface area (Å²) in [7, 11) is -4.13. The molecule has 0 saturated carbocycles. The maximum absolute atomic E-state index is 11.1. The Bertz CT molecular complexity index is 381. The van der Waals surface area contributed by atoms with Crippen LogP contribution in [-0.4, -0.2) is 29.4 Å². The van der Waals surface area contributed by atoms with Crippen molar-refractivity contribution in [1.29, 1.82) is 0 Å². The van der Waals surface area contributed by atoms with Crippen molar-refractivity contribution in [3.05, 3.63) is 0 Å². The maximum Gasteiger partial charge on any atom is 0.270 e. The van der Waals surface area contributed by atoms with Crippen molar-refractivity contribution >= 4 is 10.1 Å². The van der Waals surface area contributed by atoms with Gasteiger partial charge in [-0.25, -0.2) is 0 Å². The standard InChI is InChI=1S/C20H42O4S/c1-3-5-6-7-8-9-10-11-12-13-14-15-16-17-18-19(21)20(4-2)25(22,23)24/h19-21H,3-18H2,1-2H3,(H,22,23,24). The molecule has 2 atom stereocenters. The van der Waals surface area contributed by atoms with Crippen LogP contribution >= 0.6 is 0 Å². The fourth-order valence-corrected chi connectivity index (χ4v) is 4.37. The highest BCUT2D eigenvalue weighted by molar-refractivity contribution is 7.86. The summed E-state index contributed by atoms with van der Waals surface area (Å²) in [6, 6.07) is 0. The van der Waals surface area contributed by atoms with E-state index in [-0.39, 0.29) is 6.42 Å². The Kier molecular flexibility index (Phi) is 16.0. The minimum atomic E-state index is -4.13. The molecular formula is C20H42O4S. The third-order valence-corrected chi connectivity index (χ3v) is 6.48. The van der Waals surface area contributed by atoms with Gasteiger partial charge < -0.3 is 5.11 Å².